The van der Waals surface area contributed by atoms with E-state index in [2.05, 4.69) is 64.3 Å². The maximum Gasteiger partial charge on any atom is 0.269 e. The van der Waals surface area contributed by atoms with E-state index in [1.165, 1.54) is 0 Å². The number of piperidine rings is 1. The number of hydrogen-bond acceptors (Lipinski definition) is 5. The van der Waals surface area contributed by atoms with E-state index >= 15 is 0 Å². The number of aromatic amines is 1. The van der Waals surface area contributed by atoms with Gasteiger partial charge in [0.25, 0.3) is 5.91 Å². The minimum Gasteiger partial charge on any atom is -0.347 e. The molecule has 1 aliphatic rings. The van der Waals surface area contributed by atoms with Gasteiger partial charge in [0.05, 0.1) is 5.69 Å². The third-order valence-electron chi connectivity index (χ3n) is 5.96. The summed E-state index contributed by atoms with van der Waals surface area (Å²) in [6, 6.07) is 2.70. The molecule has 1 amide bonds. The molecule has 4 rings (SSSR count). The number of hydrogen-bond donors (Lipinski definition) is 2. The summed E-state index contributed by atoms with van der Waals surface area (Å²) in [7, 11) is 0. The van der Waals surface area contributed by atoms with Crippen LogP contribution in [0.2, 0.25) is 0 Å². The van der Waals surface area contributed by atoms with E-state index in [-0.39, 0.29) is 17.9 Å². The molecule has 1 fully saturated rings. The van der Waals surface area contributed by atoms with Gasteiger partial charge in [-0.3, -0.25) is 14.8 Å². The van der Waals surface area contributed by atoms with Gasteiger partial charge in [-0.05, 0) is 57.7 Å². The van der Waals surface area contributed by atoms with E-state index < -0.39 is 0 Å². The number of nitrogens with zero attached hydrogens (tertiary/aromatic N) is 5. The Morgan fingerprint density at radius 2 is 2.10 bits per heavy atom. The highest BCUT2D eigenvalue weighted by molar-refractivity contribution is 5.96. The minimum atomic E-state index is -0.0772. The van der Waals surface area contributed by atoms with Crippen molar-refractivity contribution in [2.45, 2.75) is 65.5 Å². The van der Waals surface area contributed by atoms with Gasteiger partial charge in [0, 0.05) is 36.0 Å². The van der Waals surface area contributed by atoms with Crippen molar-refractivity contribution in [3.63, 3.8) is 0 Å². The molecule has 30 heavy (non-hydrogen) atoms. The Balaban J connectivity index is 1.63. The fourth-order valence-corrected chi connectivity index (χ4v) is 4.38. The summed E-state index contributed by atoms with van der Waals surface area (Å²) >= 11 is 0. The number of carbonyl (C=O) groups excluding carboxylic acids is 1. The topological polar surface area (TPSA) is 91.2 Å². The van der Waals surface area contributed by atoms with Crippen LogP contribution in [0.25, 0.3) is 16.9 Å². The molecule has 0 radical (unpaired) electrons. The number of fused-ring (bicyclic) bond motifs is 1. The average Bonchev–Trinajstić information content (AvgIpc) is 3.35. The van der Waals surface area contributed by atoms with Gasteiger partial charge in [-0.25, -0.2) is 9.50 Å². The predicted molar refractivity (Wildman–Crippen MR) is 117 cm³/mol. The highest BCUT2D eigenvalue weighted by atomic mass is 16.2. The van der Waals surface area contributed by atoms with Crippen LogP contribution in [0, 0.1) is 6.92 Å². The summed E-state index contributed by atoms with van der Waals surface area (Å²) < 4.78 is 1.76. The van der Waals surface area contributed by atoms with Crippen LogP contribution in [0.5, 0.6) is 0 Å². The van der Waals surface area contributed by atoms with Gasteiger partial charge in [-0.1, -0.05) is 13.8 Å². The summed E-state index contributed by atoms with van der Waals surface area (Å²) in [4.78, 5) is 19.9. The molecule has 1 saturated heterocycles. The number of rotatable bonds is 5. The van der Waals surface area contributed by atoms with E-state index in [0.29, 0.717) is 11.7 Å². The van der Waals surface area contributed by atoms with Gasteiger partial charge >= 0.3 is 0 Å². The lowest BCUT2D eigenvalue weighted by Crippen LogP contribution is -2.49. The Labute approximate surface area is 177 Å². The molecule has 0 saturated carbocycles. The van der Waals surface area contributed by atoms with Crippen molar-refractivity contribution < 1.29 is 4.79 Å². The maximum atomic E-state index is 13.2. The molecule has 0 bridgehead atoms. The Morgan fingerprint density at radius 3 is 2.83 bits per heavy atom. The molecule has 1 aliphatic heterocycles. The van der Waals surface area contributed by atoms with Gasteiger partial charge in [0.15, 0.2) is 5.65 Å². The molecular weight excluding hydrogens is 378 g/mol. The fraction of sp³-hybridized carbons (Fsp3) is 0.545. The zero-order chi connectivity index (χ0) is 21.4. The first-order chi connectivity index (χ1) is 14.3. The van der Waals surface area contributed by atoms with E-state index in [0.717, 1.165) is 54.0 Å². The second-order valence-electron chi connectivity index (χ2n) is 8.86. The van der Waals surface area contributed by atoms with Gasteiger partial charge in [0.1, 0.15) is 12.0 Å². The van der Waals surface area contributed by atoms with Crippen LogP contribution in [0.1, 0.15) is 68.1 Å². The molecule has 2 N–H and O–H groups in total. The van der Waals surface area contributed by atoms with E-state index in [1.54, 1.807) is 10.8 Å². The summed E-state index contributed by atoms with van der Waals surface area (Å²) in [5.74, 6) is 0.0661. The highest BCUT2D eigenvalue weighted by Gasteiger charge is 2.27. The molecule has 3 aromatic rings. The second kappa shape index (κ2) is 8.18. The van der Waals surface area contributed by atoms with Crippen LogP contribution in [0.15, 0.2) is 18.6 Å². The molecule has 8 heteroatoms. The molecule has 0 aromatic carbocycles. The van der Waals surface area contributed by atoms with Crippen molar-refractivity contribution in [2.75, 3.05) is 13.1 Å². The maximum absolute atomic E-state index is 13.2. The van der Waals surface area contributed by atoms with Crippen LogP contribution >= 0.6 is 0 Å². The third-order valence-corrected chi connectivity index (χ3v) is 5.96. The number of aromatic nitrogens is 5. The predicted octanol–water partition coefficient (Wildman–Crippen LogP) is 3.15. The van der Waals surface area contributed by atoms with Gasteiger partial charge in [-0.2, -0.15) is 10.2 Å². The zero-order valence-corrected chi connectivity index (χ0v) is 18.4. The van der Waals surface area contributed by atoms with Crippen LogP contribution in [-0.4, -0.2) is 60.8 Å². The van der Waals surface area contributed by atoms with E-state index in [9.17, 15) is 4.79 Å². The first kappa shape index (κ1) is 20.5. The Hall–Kier alpha value is -2.74. The average molecular weight is 410 g/mol. The minimum absolute atomic E-state index is 0.0772. The number of aryl methyl sites for hydroxylation is 1. The lowest BCUT2D eigenvalue weighted by atomic mass is 9.96. The molecule has 1 atom stereocenters. The quantitative estimate of drug-likeness (QED) is 0.675. The molecule has 0 spiro atoms. The van der Waals surface area contributed by atoms with Gasteiger partial charge in [-0.15, -0.1) is 0 Å². The lowest BCUT2D eigenvalue weighted by Gasteiger charge is -2.35. The molecule has 4 heterocycles. The monoisotopic (exact) mass is 409 g/mol. The smallest absolute Gasteiger partial charge is 0.269 e. The van der Waals surface area contributed by atoms with E-state index in [1.807, 2.05) is 13.1 Å². The zero-order valence-electron chi connectivity index (χ0n) is 18.4. The Bertz CT molecular complexity index is 1050. The Morgan fingerprint density at radius 1 is 1.30 bits per heavy atom. The highest BCUT2D eigenvalue weighted by Crippen LogP contribution is 2.31. The van der Waals surface area contributed by atoms with Crippen LogP contribution in [0.4, 0.5) is 0 Å². The molecule has 1 unspecified atom stereocenters. The summed E-state index contributed by atoms with van der Waals surface area (Å²) in [6.07, 6.45) is 5.57. The van der Waals surface area contributed by atoms with E-state index in [4.69, 9.17) is 0 Å². The largest absolute Gasteiger partial charge is 0.347 e. The number of nitrogens with one attached hydrogen (secondary N) is 2. The van der Waals surface area contributed by atoms with Crippen molar-refractivity contribution in [1.82, 2.24) is 35.0 Å². The van der Waals surface area contributed by atoms with Crippen LogP contribution in [-0.2, 0) is 0 Å². The van der Waals surface area contributed by atoms with Crippen molar-refractivity contribution in [2.24, 2.45) is 0 Å². The molecular formula is C22H31N7O. The molecule has 8 nitrogen and oxygen atoms in total. The lowest BCUT2D eigenvalue weighted by molar-refractivity contribution is 0.0880. The fourth-order valence-electron chi connectivity index (χ4n) is 4.38. The van der Waals surface area contributed by atoms with Crippen LogP contribution in [0.3, 0.4) is 0 Å². The summed E-state index contributed by atoms with van der Waals surface area (Å²) in [5, 5.41) is 15.1. The number of likely N-dealkylation sites (tertiary alicyclic amines) is 1. The molecule has 3 aromatic heterocycles. The molecule has 0 aliphatic carbocycles. The van der Waals surface area contributed by atoms with Crippen molar-refractivity contribution in [3.05, 3.63) is 35.4 Å². The van der Waals surface area contributed by atoms with Gasteiger partial charge < -0.3 is 5.32 Å². The normalized spacial score (nSPS) is 17.9. The SMILES string of the molecule is Cc1cc(-c2n[nH]c(C(=O)NC3CCCN(C(C)C)C3)c2C(C)C)cn2ncnc12. The van der Waals surface area contributed by atoms with Crippen LogP contribution < -0.4 is 5.32 Å². The van der Waals surface area contributed by atoms with Crippen molar-refractivity contribution >= 4 is 11.6 Å². The number of carbonyl (C=O) groups is 1. The van der Waals surface area contributed by atoms with Gasteiger partial charge in [0.2, 0.25) is 0 Å². The standard InChI is InChI=1S/C22H31N7O/c1-13(2)18-19(16-9-15(5)21-23-12-24-29(21)10-16)26-27-20(18)22(30)25-17-7-6-8-28(11-17)14(3)4/h9-10,12-14,17H,6-8,11H2,1-5H3,(H,25,30)(H,26,27). The third kappa shape index (κ3) is 3.84. The summed E-state index contributed by atoms with van der Waals surface area (Å²) in [5.41, 5.74) is 5.05. The number of amides is 1. The number of H-pyrrole nitrogens is 1. The van der Waals surface area contributed by atoms with Crippen molar-refractivity contribution in [1.29, 1.82) is 0 Å². The number of pyridine rings is 1. The molecule has 160 valence electrons. The Kier molecular flexibility index (Phi) is 5.60. The first-order valence-corrected chi connectivity index (χ1v) is 10.8. The summed E-state index contributed by atoms with van der Waals surface area (Å²) in [6.45, 7) is 12.6. The second-order valence-corrected chi connectivity index (χ2v) is 8.86. The first-order valence-electron chi connectivity index (χ1n) is 10.8. The van der Waals surface area contributed by atoms with Crippen molar-refractivity contribution in [3.8, 4) is 11.3 Å².